The molecule has 2 amide bonds. The molecule has 0 aliphatic rings. The third kappa shape index (κ3) is 40.6. The van der Waals surface area contributed by atoms with Crippen molar-refractivity contribution in [2.75, 3.05) is 28.2 Å². The molecule has 0 radical (unpaired) electrons. The summed E-state index contributed by atoms with van der Waals surface area (Å²) in [4.78, 5) is 25.8. The topological polar surface area (TPSA) is 149 Å². The maximum absolute atomic E-state index is 11.3. The third-order valence-corrected chi connectivity index (χ3v) is 7.11. The first-order valence-corrected chi connectivity index (χ1v) is 16.1. The molecule has 0 spiro atoms. The molecule has 0 fully saturated rings. The van der Waals surface area contributed by atoms with E-state index in [0.29, 0.717) is 25.7 Å². The molecular formula is C26H52N2Na2O8S2. The Bertz CT molecular complexity index is 803. The zero-order valence-electron chi connectivity index (χ0n) is 26.3. The van der Waals surface area contributed by atoms with E-state index in [4.69, 9.17) is 12.6 Å². The number of hydrogen-bond donors (Lipinski definition) is 0. The molecule has 0 aliphatic carbocycles. The van der Waals surface area contributed by atoms with Gasteiger partial charge >= 0.3 is 69.7 Å². The minimum Gasteiger partial charge on any atom is -0.748 e. The Balaban J connectivity index is -0.000000179. The average Bonchev–Trinajstić information content (AvgIpc) is 2.81. The Morgan fingerprint density at radius 3 is 1.32 bits per heavy atom. The molecule has 0 rings (SSSR count). The normalized spacial score (nSPS) is 10.8. The van der Waals surface area contributed by atoms with Gasteiger partial charge in [0.25, 0.3) is 0 Å². The van der Waals surface area contributed by atoms with Gasteiger partial charge in [-0.25, -0.2) is 8.42 Å². The number of nitrogens with zero attached hydrogens (tertiary/aromatic N) is 2. The van der Waals surface area contributed by atoms with Gasteiger partial charge in [-0.3, -0.25) is 9.59 Å². The first-order valence-electron chi connectivity index (χ1n) is 13.6. The van der Waals surface area contributed by atoms with Crippen molar-refractivity contribution in [2.45, 2.75) is 121 Å². The van der Waals surface area contributed by atoms with E-state index in [9.17, 15) is 22.6 Å². The van der Waals surface area contributed by atoms with Gasteiger partial charge in [0.2, 0.25) is 11.8 Å². The van der Waals surface area contributed by atoms with Gasteiger partial charge in [-0.1, -0.05) is 71.1 Å². The summed E-state index contributed by atoms with van der Waals surface area (Å²) >= 11 is 0. The van der Waals surface area contributed by atoms with Crippen molar-refractivity contribution in [2.24, 2.45) is 0 Å². The Morgan fingerprint density at radius 1 is 0.700 bits per heavy atom. The number of carbonyl (C=O) groups excluding carboxylic acids is 2. The predicted octanol–water partition coefficient (Wildman–Crippen LogP) is -1.45. The van der Waals surface area contributed by atoms with Crippen LogP contribution in [-0.4, -0.2) is 80.7 Å². The molecule has 1 unspecified atom stereocenters. The van der Waals surface area contributed by atoms with Gasteiger partial charge in [-0.2, -0.15) is 6.42 Å². The minimum absolute atomic E-state index is 0. The van der Waals surface area contributed by atoms with Crippen molar-refractivity contribution in [3.05, 3.63) is 6.92 Å². The average molecular weight is 631 g/mol. The fourth-order valence-corrected chi connectivity index (χ4v) is 4.52. The van der Waals surface area contributed by atoms with E-state index >= 15 is 0 Å². The van der Waals surface area contributed by atoms with Crippen LogP contribution in [0.1, 0.15) is 116 Å². The first kappa shape index (κ1) is 50.1. The second kappa shape index (κ2) is 34.0. The molecule has 10 nitrogen and oxygen atoms in total. The fourth-order valence-electron chi connectivity index (χ4n) is 3.54. The van der Waals surface area contributed by atoms with Crippen LogP contribution in [0.2, 0.25) is 0 Å². The fraction of sp³-hybridized carbons (Fsp3) is 0.885. The SMILES string of the molecule is CCCC(CCCCCCCC(=O)N(C)C)S(=O)(=O)[O-].O=S(=O)=O.[CH2-]CCCCCCCCC(=O)N(C)C.[Na+].[Na+]. The van der Waals surface area contributed by atoms with E-state index in [1.54, 1.807) is 23.9 Å². The molecule has 0 bridgehead atoms. The van der Waals surface area contributed by atoms with Crippen LogP contribution in [0.3, 0.4) is 0 Å². The second-order valence-electron chi connectivity index (χ2n) is 9.72. The maximum Gasteiger partial charge on any atom is 1.00 e. The van der Waals surface area contributed by atoms with Crippen LogP contribution in [0.25, 0.3) is 0 Å². The molecule has 0 heterocycles. The number of rotatable bonds is 19. The van der Waals surface area contributed by atoms with Crippen LogP contribution in [0.4, 0.5) is 0 Å². The minimum atomic E-state index is -4.15. The quantitative estimate of drug-likeness (QED) is 0.0729. The van der Waals surface area contributed by atoms with Crippen molar-refractivity contribution in [1.29, 1.82) is 0 Å². The summed E-state index contributed by atoms with van der Waals surface area (Å²) in [6.07, 6.45) is 15.8. The Morgan fingerprint density at radius 2 is 1.02 bits per heavy atom. The number of carbonyl (C=O) groups is 2. The predicted molar refractivity (Wildman–Crippen MR) is 150 cm³/mol. The summed E-state index contributed by atoms with van der Waals surface area (Å²) in [5.74, 6) is 0.396. The number of unbranched alkanes of at least 4 members (excludes halogenated alkanes) is 10. The summed E-state index contributed by atoms with van der Waals surface area (Å²) in [5.41, 5.74) is 0. The van der Waals surface area contributed by atoms with Crippen LogP contribution in [0.5, 0.6) is 0 Å². The van der Waals surface area contributed by atoms with Crippen LogP contribution < -0.4 is 59.1 Å². The molecule has 0 aromatic heterocycles. The molecule has 228 valence electrons. The first-order chi connectivity index (χ1) is 17.7. The molecule has 40 heavy (non-hydrogen) atoms. The molecule has 0 aromatic rings. The Labute approximate surface area is 290 Å². The molecule has 0 saturated heterocycles. The van der Waals surface area contributed by atoms with E-state index in [-0.39, 0.29) is 70.9 Å². The van der Waals surface area contributed by atoms with Crippen molar-refractivity contribution in [3.63, 3.8) is 0 Å². The summed E-state index contributed by atoms with van der Waals surface area (Å²) in [6.45, 7) is 5.70. The monoisotopic (exact) mass is 630 g/mol. The van der Waals surface area contributed by atoms with Crippen molar-refractivity contribution >= 4 is 32.5 Å². The van der Waals surface area contributed by atoms with Crippen molar-refractivity contribution < 1.29 is 94.3 Å². The van der Waals surface area contributed by atoms with Gasteiger partial charge in [0.05, 0.1) is 10.1 Å². The molecule has 0 aromatic carbocycles. The molecule has 0 aliphatic heterocycles. The zero-order chi connectivity index (χ0) is 30.0. The van der Waals surface area contributed by atoms with E-state index < -0.39 is 26.0 Å². The van der Waals surface area contributed by atoms with Crippen LogP contribution in [0.15, 0.2) is 0 Å². The van der Waals surface area contributed by atoms with Gasteiger partial charge in [-0.05, 0) is 25.7 Å². The van der Waals surface area contributed by atoms with Crippen LogP contribution in [-0.2, 0) is 30.3 Å². The zero-order valence-corrected chi connectivity index (χ0v) is 31.9. The third-order valence-electron chi connectivity index (χ3n) is 5.82. The standard InChI is InChI=1S/C14H29NO4S.C12H24NO.2Na.O3S/c1-4-10-13(20(17,18)19)11-8-6-5-7-9-12-14(16)15(2)3;1-4-5-6-7-8-9-10-11-12(14)13(2)3;;;1-4(2)3/h13H,4-12H2,1-3H3,(H,17,18,19);1,4-11H2,2-3H3;;;/q;-1;2*+1;/p-1. The summed E-state index contributed by atoms with van der Waals surface area (Å²) in [6, 6.07) is 0. The van der Waals surface area contributed by atoms with Crippen LogP contribution in [0, 0.1) is 6.92 Å². The van der Waals surface area contributed by atoms with E-state index in [1.807, 2.05) is 21.0 Å². The van der Waals surface area contributed by atoms with E-state index in [2.05, 4.69) is 6.92 Å². The molecule has 0 N–H and O–H groups in total. The molecule has 14 heteroatoms. The van der Waals surface area contributed by atoms with Gasteiger partial charge < -0.3 is 21.3 Å². The summed E-state index contributed by atoms with van der Waals surface area (Å²) in [7, 11) is -0.125. The maximum atomic E-state index is 11.3. The second-order valence-corrected chi connectivity index (χ2v) is 11.8. The molecule has 1 atom stereocenters. The largest absolute Gasteiger partial charge is 1.00 e. The van der Waals surface area contributed by atoms with E-state index in [1.165, 1.54) is 32.1 Å². The Kier molecular flexibility index (Phi) is 42.6. The Hall–Kier alpha value is 0.470. The van der Waals surface area contributed by atoms with E-state index in [0.717, 1.165) is 51.4 Å². The summed E-state index contributed by atoms with van der Waals surface area (Å²) < 4.78 is 58.4. The number of hydrogen-bond acceptors (Lipinski definition) is 8. The summed E-state index contributed by atoms with van der Waals surface area (Å²) in [5, 5.41) is -0.720. The van der Waals surface area contributed by atoms with Gasteiger partial charge in [0.1, 0.15) is 0 Å². The van der Waals surface area contributed by atoms with Crippen molar-refractivity contribution in [1.82, 2.24) is 9.80 Å². The van der Waals surface area contributed by atoms with Gasteiger partial charge in [0, 0.05) is 46.3 Å². The molecular weight excluding hydrogens is 578 g/mol. The van der Waals surface area contributed by atoms with Gasteiger partial charge in [0.15, 0.2) is 0 Å². The van der Waals surface area contributed by atoms with Crippen LogP contribution >= 0.6 is 0 Å². The van der Waals surface area contributed by atoms with Gasteiger partial charge in [-0.15, -0.1) is 12.6 Å². The number of amides is 2. The molecule has 0 saturated carbocycles. The van der Waals surface area contributed by atoms with Crippen molar-refractivity contribution in [3.8, 4) is 0 Å². The smallest absolute Gasteiger partial charge is 0.748 e.